The van der Waals surface area contributed by atoms with E-state index in [9.17, 15) is 0 Å². The van der Waals surface area contributed by atoms with Crippen LogP contribution < -0.4 is 0 Å². The summed E-state index contributed by atoms with van der Waals surface area (Å²) in [7, 11) is 0. The topological polar surface area (TPSA) is 12.9 Å². The zero-order valence-electron chi connectivity index (χ0n) is 9.82. The molecule has 0 aliphatic heterocycles. The van der Waals surface area contributed by atoms with E-state index in [1.807, 2.05) is 6.07 Å². The second-order valence-corrected chi connectivity index (χ2v) is 5.31. The standard InChI is InChI=1S/C15H16ClN/c16-15-9-7-13-10-12(6-8-14(13)17-15)11-4-2-1-3-5-11/h6-11H,1-5H2. The van der Waals surface area contributed by atoms with Gasteiger partial charge in [0.25, 0.3) is 0 Å². The molecule has 0 atom stereocenters. The van der Waals surface area contributed by atoms with Gasteiger partial charge >= 0.3 is 0 Å². The van der Waals surface area contributed by atoms with Gasteiger partial charge in [-0.3, -0.25) is 0 Å². The summed E-state index contributed by atoms with van der Waals surface area (Å²) in [6.07, 6.45) is 6.84. The Morgan fingerprint density at radius 3 is 2.65 bits per heavy atom. The highest BCUT2D eigenvalue weighted by atomic mass is 35.5. The molecule has 1 nitrogen and oxygen atoms in total. The summed E-state index contributed by atoms with van der Waals surface area (Å²) in [5, 5.41) is 1.78. The number of aromatic nitrogens is 1. The highest BCUT2D eigenvalue weighted by molar-refractivity contribution is 6.29. The molecule has 1 aromatic carbocycles. The monoisotopic (exact) mass is 245 g/mol. The average Bonchev–Trinajstić information content (AvgIpc) is 2.39. The Hall–Kier alpha value is -1.08. The summed E-state index contributed by atoms with van der Waals surface area (Å²) < 4.78 is 0. The molecule has 1 fully saturated rings. The molecule has 0 radical (unpaired) electrons. The van der Waals surface area contributed by atoms with E-state index in [0.717, 1.165) is 11.4 Å². The van der Waals surface area contributed by atoms with E-state index < -0.39 is 0 Å². The van der Waals surface area contributed by atoms with Gasteiger partial charge in [0.05, 0.1) is 5.52 Å². The molecular formula is C15H16ClN. The summed E-state index contributed by atoms with van der Waals surface area (Å²) in [5.74, 6) is 0.754. The number of benzene rings is 1. The van der Waals surface area contributed by atoms with Gasteiger partial charge in [0, 0.05) is 5.39 Å². The van der Waals surface area contributed by atoms with Crippen molar-refractivity contribution in [1.29, 1.82) is 0 Å². The Bertz CT molecular complexity index is 529. The van der Waals surface area contributed by atoms with E-state index in [2.05, 4.69) is 29.2 Å². The van der Waals surface area contributed by atoms with Crippen LogP contribution in [0.2, 0.25) is 5.15 Å². The van der Waals surface area contributed by atoms with Crippen molar-refractivity contribution in [3.05, 3.63) is 41.0 Å². The molecule has 0 bridgehead atoms. The largest absolute Gasteiger partial charge is 0.236 e. The van der Waals surface area contributed by atoms with Gasteiger partial charge in [0.1, 0.15) is 5.15 Å². The number of pyridine rings is 1. The van der Waals surface area contributed by atoms with Gasteiger partial charge in [-0.2, -0.15) is 0 Å². The van der Waals surface area contributed by atoms with Crippen LogP contribution in [0.1, 0.15) is 43.6 Å². The smallest absolute Gasteiger partial charge is 0.129 e. The molecule has 88 valence electrons. The molecule has 3 rings (SSSR count). The van der Waals surface area contributed by atoms with Gasteiger partial charge in [-0.05, 0) is 48.6 Å². The lowest BCUT2D eigenvalue weighted by atomic mass is 9.84. The molecule has 0 unspecified atom stereocenters. The van der Waals surface area contributed by atoms with Gasteiger partial charge in [0.15, 0.2) is 0 Å². The van der Waals surface area contributed by atoms with Crippen molar-refractivity contribution in [1.82, 2.24) is 4.98 Å². The van der Waals surface area contributed by atoms with Crippen molar-refractivity contribution in [3.63, 3.8) is 0 Å². The number of rotatable bonds is 1. The quantitative estimate of drug-likeness (QED) is 0.649. The molecule has 0 saturated heterocycles. The molecule has 1 aliphatic rings. The van der Waals surface area contributed by atoms with E-state index >= 15 is 0 Å². The van der Waals surface area contributed by atoms with E-state index in [4.69, 9.17) is 11.6 Å². The van der Waals surface area contributed by atoms with Crippen molar-refractivity contribution in [2.75, 3.05) is 0 Å². The van der Waals surface area contributed by atoms with Crippen LogP contribution in [-0.2, 0) is 0 Å². The third kappa shape index (κ3) is 2.30. The molecule has 1 aliphatic carbocycles. The van der Waals surface area contributed by atoms with Crippen LogP contribution in [0, 0.1) is 0 Å². The van der Waals surface area contributed by atoms with Crippen molar-refractivity contribution in [2.45, 2.75) is 38.0 Å². The van der Waals surface area contributed by atoms with Crippen molar-refractivity contribution in [3.8, 4) is 0 Å². The second-order valence-electron chi connectivity index (χ2n) is 4.92. The third-order valence-electron chi connectivity index (χ3n) is 3.76. The van der Waals surface area contributed by atoms with Gasteiger partial charge in [-0.25, -0.2) is 4.98 Å². The maximum Gasteiger partial charge on any atom is 0.129 e. The molecule has 2 heteroatoms. The Balaban J connectivity index is 1.98. The molecular weight excluding hydrogens is 230 g/mol. The first kappa shape index (κ1) is 11.0. The van der Waals surface area contributed by atoms with Crippen LogP contribution >= 0.6 is 11.6 Å². The fraction of sp³-hybridized carbons (Fsp3) is 0.400. The average molecular weight is 246 g/mol. The summed E-state index contributed by atoms with van der Waals surface area (Å²) >= 11 is 5.90. The first-order chi connectivity index (χ1) is 8.33. The van der Waals surface area contributed by atoms with Gasteiger partial charge in [-0.1, -0.05) is 36.9 Å². The maximum absolute atomic E-state index is 5.90. The summed E-state index contributed by atoms with van der Waals surface area (Å²) in [5.41, 5.74) is 2.47. The Labute approximate surface area is 107 Å². The van der Waals surface area contributed by atoms with Crippen LogP contribution in [0.25, 0.3) is 10.9 Å². The minimum absolute atomic E-state index is 0.572. The van der Waals surface area contributed by atoms with E-state index in [1.165, 1.54) is 43.1 Å². The molecule has 0 spiro atoms. The summed E-state index contributed by atoms with van der Waals surface area (Å²) in [6.45, 7) is 0. The van der Waals surface area contributed by atoms with E-state index in [1.54, 1.807) is 0 Å². The predicted molar refractivity (Wildman–Crippen MR) is 72.6 cm³/mol. The molecule has 1 heterocycles. The lowest BCUT2D eigenvalue weighted by molar-refractivity contribution is 0.444. The van der Waals surface area contributed by atoms with Crippen molar-refractivity contribution < 1.29 is 0 Å². The van der Waals surface area contributed by atoms with Crippen molar-refractivity contribution in [2.24, 2.45) is 0 Å². The zero-order valence-corrected chi connectivity index (χ0v) is 10.6. The van der Waals surface area contributed by atoms with Crippen LogP contribution in [-0.4, -0.2) is 4.98 Å². The highest BCUT2D eigenvalue weighted by Gasteiger charge is 2.15. The molecule has 0 N–H and O–H groups in total. The van der Waals surface area contributed by atoms with Crippen LogP contribution in [0.4, 0.5) is 0 Å². The highest BCUT2D eigenvalue weighted by Crippen LogP contribution is 2.33. The Kier molecular flexibility index (Phi) is 3.02. The van der Waals surface area contributed by atoms with Crippen LogP contribution in [0.5, 0.6) is 0 Å². The predicted octanol–water partition coefficient (Wildman–Crippen LogP) is 4.94. The summed E-state index contributed by atoms with van der Waals surface area (Å²) in [6, 6.07) is 10.5. The molecule has 0 amide bonds. The van der Waals surface area contributed by atoms with Gasteiger partial charge < -0.3 is 0 Å². The van der Waals surface area contributed by atoms with E-state index in [-0.39, 0.29) is 0 Å². The number of nitrogens with zero attached hydrogens (tertiary/aromatic N) is 1. The molecule has 1 saturated carbocycles. The molecule has 1 aromatic heterocycles. The fourth-order valence-electron chi connectivity index (χ4n) is 2.81. The van der Waals surface area contributed by atoms with Gasteiger partial charge in [-0.15, -0.1) is 0 Å². The number of hydrogen-bond acceptors (Lipinski definition) is 1. The SMILES string of the molecule is Clc1ccc2cc(C3CCCCC3)ccc2n1. The Morgan fingerprint density at radius 2 is 1.82 bits per heavy atom. The number of halogens is 1. The van der Waals surface area contributed by atoms with Crippen LogP contribution in [0.15, 0.2) is 30.3 Å². The van der Waals surface area contributed by atoms with E-state index in [0.29, 0.717) is 5.15 Å². The Morgan fingerprint density at radius 1 is 1.00 bits per heavy atom. The minimum Gasteiger partial charge on any atom is -0.236 e. The number of hydrogen-bond donors (Lipinski definition) is 0. The molecule has 17 heavy (non-hydrogen) atoms. The number of fused-ring (bicyclic) bond motifs is 1. The fourth-order valence-corrected chi connectivity index (χ4v) is 2.96. The minimum atomic E-state index is 0.572. The molecule has 2 aromatic rings. The van der Waals surface area contributed by atoms with Gasteiger partial charge in [0.2, 0.25) is 0 Å². The van der Waals surface area contributed by atoms with Crippen LogP contribution in [0.3, 0.4) is 0 Å². The third-order valence-corrected chi connectivity index (χ3v) is 3.97. The lowest BCUT2D eigenvalue weighted by Gasteiger charge is -2.22. The first-order valence-electron chi connectivity index (χ1n) is 6.39. The first-order valence-corrected chi connectivity index (χ1v) is 6.77. The zero-order chi connectivity index (χ0) is 11.7. The second kappa shape index (κ2) is 4.66. The normalized spacial score (nSPS) is 17.5. The summed E-state index contributed by atoms with van der Waals surface area (Å²) in [4.78, 5) is 4.33. The van der Waals surface area contributed by atoms with Crippen molar-refractivity contribution >= 4 is 22.5 Å². The lowest BCUT2D eigenvalue weighted by Crippen LogP contribution is -2.04. The maximum atomic E-state index is 5.90.